The van der Waals surface area contributed by atoms with Gasteiger partial charge in [0.1, 0.15) is 18.0 Å². The fourth-order valence-electron chi connectivity index (χ4n) is 6.35. The minimum atomic E-state index is -1.44. The number of ether oxygens (including phenoxy) is 2. The number of fused-ring (bicyclic) bond motifs is 1. The molecule has 0 saturated carbocycles. The molecule has 0 aliphatic heterocycles. The van der Waals surface area contributed by atoms with Crippen molar-refractivity contribution in [1.82, 2.24) is 4.90 Å². The van der Waals surface area contributed by atoms with Crippen molar-refractivity contribution in [2.75, 3.05) is 0 Å². The summed E-state index contributed by atoms with van der Waals surface area (Å²) in [5.74, 6) is -4.36. The van der Waals surface area contributed by atoms with E-state index >= 15 is 0 Å². The molecule has 55 heavy (non-hydrogen) atoms. The van der Waals surface area contributed by atoms with Crippen LogP contribution in [0.5, 0.6) is 5.75 Å². The van der Waals surface area contributed by atoms with Crippen LogP contribution in [0, 0.1) is 10.1 Å². The van der Waals surface area contributed by atoms with E-state index < -0.39 is 58.1 Å². The van der Waals surface area contributed by atoms with Crippen LogP contribution in [0.15, 0.2) is 133 Å². The van der Waals surface area contributed by atoms with Crippen LogP contribution in [0.1, 0.15) is 62.3 Å². The van der Waals surface area contributed by atoms with E-state index in [1.807, 2.05) is 97.1 Å². The second-order valence-electron chi connectivity index (χ2n) is 14.3. The van der Waals surface area contributed by atoms with Gasteiger partial charge >= 0.3 is 11.9 Å². The van der Waals surface area contributed by atoms with Crippen LogP contribution >= 0.6 is 0 Å². The smallest absolute Gasteiger partial charge is 0.339 e. The van der Waals surface area contributed by atoms with Crippen LogP contribution in [0.4, 0.5) is 5.69 Å². The number of aliphatic hydroxyl groups excluding tert-OH is 1. The largest absolute Gasteiger partial charge is 0.503 e. The number of carbonyl (C=O) groups excluding carboxylic acids is 2. The van der Waals surface area contributed by atoms with Crippen LogP contribution in [0.3, 0.4) is 0 Å². The van der Waals surface area contributed by atoms with Crippen LogP contribution < -0.4 is 4.74 Å². The van der Waals surface area contributed by atoms with Crippen LogP contribution in [-0.2, 0) is 38.7 Å². The Balaban J connectivity index is 1.59. The average molecular weight is 745 g/mol. The molecular formula is C44H44N2O9. The third-order valence-corrected chi connectivity index (χ3v) is 9.09. The minimum Gasteiger partial charge on any atom is -0.503 e. The number of aliphatic hydroxyl groups is 1. The van der Waals surface area contributed by atoms with Crippen molar-refractivity contribution in [2.45, 2.75) is 71.2 Å². The number of nitrogens with zero attached hydrogens (tertiary/aromatic N) is 2. The molecule has 284 valence electrons. The summed E-state index contributed by atoms with van der Waals surface area (Å²) in [6.45, 7) is 6.84. The van der Waals surface area contributed by atoms with E-state index in [1.165, 1.54) is 17.0 Å². The SMILES string of the molecule is CC(C(Cc1cccc(COc2ccccc2)c1)c1ccc([N+](=O)[O-])cc1)N(Cc1ccc2ccccc2c1)C(=O)C(O)=C(CC(=O)O)C(=O)OC(C)(C)C. The topological polar surface area (TPSA) is 157 Å². The number of hydrogen-bond acceptors (Lipinski definition) is 8. The number of esters is 1. The number of nitro groups is 1. The number of nitro benzene ring substituents is 1. The van der Waals surface area contributed by atoms with Gasteiger partial charge in [-0.2, -0.15) is 0 Å². The maximum Gasteiger partial charge on any atom is 0.339 e. The number of carboxylic acid groups (broad SMARTS) is 1. The molecule has 5 aromatic carbocycles. The molecule has 0 aromatic heterocycles. The normalized spacial score (nSPS) is 12.9. The first-order chi connectivity index (χ1) is 26.2. The maximum atomic E-state index is 14.6. The summed E-state index contributed by atoms with van der Waals surface area (Å²) >= 11 is 0. The summed E-state index contributed by atoms with van der Waals surface area (Å²) < 4.78 is 11.4. The van der Waals surface area contributed by atoms with Gasteiger partial charge in [-0.25, -0.2) is 4.79 Å². The van der Waals surface area contributed by atoms with Gasteiger partial charge in [0, 0.05) is 30.6 Å². The summed E-state index contributed by atoms with van der Waals surface area (Å²) in [4.78, 5) is 52.2. The number of amides is 1. The second-order valence-corrected chi connectivity index (χ2v) is 14.3. The number of carbonyl (C=O) groups is 3. The molecule has 5 aromatic rings. The Morgan fingerprint density at radius 2 is 1.44 bits per heavy atom. The van der Waals surface area contributed by atoms with Crippen LogP contribution in [0.25, 0.3) is 10.8 Å². The first-order valence-electron chi connectivity index (χ1n) is 17.8. The van der Waals surface area contributed by atoms with Crippen molar-refractivity contribution in [3.63, 3.8) is 0 Å². The van der Waals surface area contributed by atoms with E-state index in [0.717, 1.165) is 27.6 Å². The average Bonchev–Trinajstić information content (AvgIpc) is 3.16. The summed E-state index contributed by atoms with van der Waals surface area (Å²) in [6, 6.07) is 36.0. The molecular weight excluding hydrogens is 700 g/mol. The van der Waals surface area contributed by atoms with Crippen molar-refractivity contribution < 1.29 is 39.0 Å². The van der Waals surface area contributed by atoms with Gasteiger partial charge in [-0.1, -0.05) is 91.0 Å². The zero-order valence-electron chi connectivity index (χ0n) is 31.2. The zero-order chi connectivity index (χ0) is 39.7. The summed E-state index contributed by atoms with van der Waals surface area (Å²) in [5, 5.41) is 34.7. The lowest BCUT2D eigenvalue weighted by atomic mass is 9.85. The molecule has 0 saturated heterocycles. The zero-order valence-corrected chi connectivity index (χ0v) is 31.2. The minimum absolute atomic E-state index is 0.0298. The molecule has 5 rings (SSSR count). The highest BCUT2D eigenvalue weighted by molar-refractivity contribution is 6.03. The number of carboxylic acids is 1. The van der Waals surface area contributed by atoms with E-state index in [-0.39, 0.29) is 12.2 Å². The Hall–Kier alpha value is -6.49. The second kappa shape index (κ2) is 17.6. The fraction of sp³-hybridized carbons (Fsp3) is 0.250. The third kappa shape index (κ3) is 10.8. The maximum absolute atomic E-state index is 14.6. The molecule has 0 aliphatic rings. The quantitative estimate of drug-likeness (QED) is 0.0352. The molecule has 11 nitrogen and oxygen atoms in total. The number of hydrogen-bond donors (Lipinski definition) is 2. The monoisotopic (exact) mass is 744 g/mol. The number of para-hydroxylation sites is 1. The van der Waals surface area contributed by atoms with Gasteiger partial charge in [0.05, 0.1) is 16.9 Å². The summed E-state index contributed by atoms with van der Waals surface area (Å²) in [6.07, 6.45) is -0.591. The standard InChI is InChI=1S/C44H44N2O9/c1-29(38(34-19-21-36(22-20-34)46(52)53)25-30-11-10-12-32(23-30)28-54-37-15-6-5-7-16-37)45(27-31-17-18-33-13-8-9-14-35(33)24-31)42(50)41(49)39(26-40(47)48)43(51)55-44(2,3)4/h5-24,29,38,49H,25-28H2,1-4H3,(H,47,48). The first kappa shape index (κ1) is 39.7. The van der Waals surface area contributed by atoms with Crippen LogP contribution in [0.2, 0.25) is 0 Å². The van der Waals surface area contributed by atoms with Crippen molar-refractivity contribution in [1.29, 1.82) is 0 Å². The highest BCUT2D eigenvalue weighted by atomic mass is 16.6. The molecule has 1 amide bonds. The lowest BCUT2D eigenvalue weighted by molar-refractivity contribution is -0.384. The van der Waals surface area contributed by atoms with Gasteiger partial charge in [0.25, 0.3) is 11.6 Å². The lowest BCUT2D eigenvalue weighted by Gasteiger charge is -2.36. The summed E-state index contributed by atoms with van der Waals surface area (Å²) in [7, 11) is 0. The molecule has 11 heteroatoms. The molecule has 0 aliphatic carbocycles. The van der Waals surface area contributed by atoms with Crippen LogP contribution in [-0.4, -0.2) is 49.5 Å². The Labute approximate surface area is 319 Å². The molecule has 2 N–H and O–H groups in total. The molecule has 0 fully saturated rings. The number of non-ortho nitro benzene ring substituents is 1. The molecule has 0 spiro atoms. The number of rotatable bonds is 15. The Morgan fingerprint density at radius 1 is 0.782 bits per heavy atom. The predicted molar refractivity (Wildman–Crippen MR) is 208 cm³/mol. The van der Waals surface area contributed by atoms with Crippen molar-refractivity contribution in [3.8, 4) is 5.75 Å². The van der Waals surface area contributed by atoms with Crippen molar-refractivity contribution in [3.05, 3.63) is 165 Å². The fourth-order valence-corrected chi connectivity index (χ4v) is 6.35. The number of aliphatic carboxylic acids is 1. The Bertz CT molecular complexity index is 2190. The van der Waals surface area contributed by atoms with Crippen molar-refractivity contribution in [2.24, 2.45) is 0 Å². The van der Waals surface area contributed by atoms with Crippen molar-refractivity contribution >= 4 is 34.3 Å². The van der Waals surface area contributed by atoms with Gasteiger partial charge < -0.3 is 24.6 Å². The molecule has 0 heterocycles. The van der Waals surface area contributed by atoms with E-state index in [1.54, 1.807) is 39.8 Å². The first-order valence-corrected chi connectivity index (χ1v) is 17.8. The predicted octanol–water partition coefficient (Wildman–Crippen LogP) is 8.70. The van der Waals surface area contributed by atoms with Gasteiger partial charge in [-0.05, 0) is 85.3 Å². The third-order valence-electron chi connectivity index (χ3n) is 9.09. The van der Waals surface area contributed by atoms with Gasteiger partial charge in [-0.3, -0.25) is 19.7 Å². The van der Waals surface area contributed by atoms with Gasteiger partial charge in [-0.15, -0.1) is 0 Å². The molecule has 0 radical (unpaired) electrons. The van der Waals surface area contributed by atoms with Gasteiger partial charge in [0.15, 0.2) is 5.76 Å². The number of benzene rings is 5. The molecule has 2 atom stereocenters. The lowest BCUT2D eigenvalue weighted by Crippen LogP contribution is -2.43. The Morgan fingerprint density at radius 3 is 2.09 bits per heavy atom. The molecule has 0 bridgehead atoms. The Kier molecular flexibility index (Phi) is 12.7. The van der Waals surface area contributed by atoms with E-state index in [4.69, 9.17) is 9.47 Å². The van der Waals surface area contributed by atoms with Gasteiger partial charge in [0.2, 0.25) is 0 Å². The van der Waals surface area contributed by atoms with E-state index in [2.05, 4.69) is 0 Å². The van der Waals surface area contributed by atoms with E-state index in [0.29, 0.717) is 24.2 Å². The van der Waals surface area contributed by atoms with E-state index in [9.17, 15) is 34.7 Å². The summed E-state index contributed by atoms with van der Waals surface area (Å²) in [5.41, 5.74) is 1.37. The highest BCUT2D eigenvalue weighted by Crippen LogP contribution is 2.32. The highest BCUT2D eigenvalue weighted by Gasteiger charge is 2.35. The molecule has 2 unspecified atom stereocenters.